The number of halogens is 1. The number of para-hydroxylation sites is 1. The molecule has 4 nitrogen and oxygen atoms in total. The molecule has 6 heteroatoms. The van der Waals surface area contributed by atoms with Gasteiger partial charge in [0.25, 0.3) is 0 Å². The van der Waals surface area contributed by atoms with E-state index in [0.717, 1.165) is 9.50 Å². The van der Waals surface area contributed by atoms with Crippen molar-refractivity contribution in [3.63, 3.8) is 0 Å². The van der Waals surface area contributed by atoms with Gasteiger partial charge in [-0.1, -0.05) is 30.0 Å². The zero-order chi connectivity index (χ0) is 14.8. The van der Waals surface area contributed by atoms with Crippen LogP contribution in [0.2, 0.25) is 0 Å². The number of hydrogen-bond donors (Lipinski definition) is 1. The number of carboxylic acids is 1. The van der Waals surface area contributed by atoms with Crippen molar-refractivity contribution in [3.05, 3.63) is 58.4 Å². The van der Waals surface area contributed by atoms with E-state index in [1.165, 1.54) is 11.8 Å². The molecule has 2 heterocycles. The predicted molar refractivity (Wildman–Crippen MR) is 84.7 cm³/mol. The monoisotopic (exact) mass is 363 g/mol. The Morgan fingerprint density at radius 2 is 2.10 bits per heavy atom. The Morgan fingerprint density at radius 1 is 1.29 bits per heavy atom. The highest BCUT2D eigenvalue weighted by Gasteiger charge is 2.20. The lowest BCUT2D eigenvalue weighted by atomic mass is 10.1. The Hall–Kier alpha value is -1.79. The molecule has 3 rings (SSSR count). The molecule has 0 atom stereocenters. The standard InChI is InChI=1S/C15H10BrNO3S/c16-10-5-3-7-17-14(10)21-8-12-13(15(18)19)9-4-1-2-6-11(9)20-12/h1-7H,8H2,(H,18,19). The lowest BCUT2D eigenvalue weighted by molar-refractivity contribution is 0.0697. The molecule has 0 aliphatic rings. The Balaban J connectivity index is 1.95. The molecule has 0 bridgehead atoms. The number of aromatic carboxylic acids is 1. The SMILES string of the molecule is O=C(O)c1c(CSc2ncccc2Br)oc2ccccc12. The van der Waals surface area contributed by atoms with Crippen LogP contribution in [-0.2, 0) is 5.75 Å². The molecular weight excluding hydrogens is 354 g/mol. The first-order chi connectivity index (χ1) is 10.2. The number of thioether (sulfide) groups is 1. The number of hydrogen-bond acceptors (Lipinski definition) is 4. The third-order valence-corrected chi connectivity index (χ3v) is 4.85. The van der Waals surface area contributed by atoms with Gasteiger partial charge in [-0.2, -0.15) is 0 Å². The molecule has 0 saturated carbocycles. The van der Waals surface area contributed by atoms with Crippen molar-refractivity contribution in [2.45, 2.75) is 10.8 Å². The summed E-state index contributed by atoms with van der Waals surface area (Å²) in [6.07, 6.45) is 1.70. The Bertz CT molecular complexity index is 816. The summed E-state index contributed by atoms with van der Waals surface area (Å²) in [6, 6.07) is 10.9. The van der Waals surface area contributed by atoms with Crippen LogP contribution in [0.25, 0.3) is 11.0 Å². The van der Waals surface area contributed by atoms with Crippen molar-refractivity contribution >= 4 is 44.6 Å². The minimum Gasteiger partial charge on any atom is -0.478 e. The van der Waals surface area contributed by atoms with Crippen LogP contribution in [0.1, 0.15) is 16.1 Å². The van der Waals surface area contributed by atoms with Crippen molar-refractivity contribution in [1.29, 1.82) is 0 Å². The van der Waals surface area contributed by atoms with Gasteiger partial charge in [0.05, 0.1) is 5.75 Å². The summed E-state index contributed by atoms with van der Waals surface area (Å²) in [4.78, 5) is 15.7. The molecule has 0 amide bonds. The van der Waals surface area contributed by atoms with Gasteiger partial charge >= 0.3 is 5.97 Å². The van der Waals surface area contributed by atoms with Gasteiger partial charge < -0.3 is 9.52 Å². The average Bonchev–Trinajstić information content (AvgIpc) is 2.85. The number of furan rings is 1. The summed E-state index contributed by atoms with van der Waals surface area (Å²) >= 11 is 4.85. The number of benzene rings is 1. The Kier molecular flexibility index (Phi) is 3.98. The lowest BCUT2D eigenvalue weighted by Gasteiger charge is -2.02. The number of fused-ring (bicyclic) bond motifs is 1. The summed E-state index contributed by atoms with van der Waals surface area (Å²) in [5.74, 6) is -0.117. The molecule has 3 aromatic rings. The molecule has 0 unspecified atom stereocenters. The summed E-state index contributed by atoms with van der Waals surface area (Å²) in [7, 11) is 0. The third-order valence-electron chi connectivity index (χ3n) is 2.95. The quantitative estimate of drug-likeness (QED) is 0.687. The number of nitrogens with zero attached hydrogens (tertiary/aromatic N) is 1. The largest absolute Gasteiger partial charge is 0.478 e. The van der Waals surface area contributed by atoms with E-state index in [4.69, 9.17) is 4.42 Å². The molecule has 2 aromatic heterocycles. The van der Waals surface area contributed by atoms with Gasteiger partial charge in [0.2, 0.25) is 0 Å². The molecule has 106 valence electrons. The van der Waals surface area contributed by atoms with Crippen LogP contribution in [-0.4, -0.2) is 16.1 Å². The maximum atomic E-state index is 11.5. The van der Waals surface area contributed by atoms with E-state index in [0.29, 0.717) is 22.5 Å². The van der Waals surface area contributed by atoms with E-state index in [2.05, 4.69) is 20.9 Å². The summed E-state index contributed by atoms with van der Waals surface area (Å²) in [5.41, 5.74) is 0.816. The number of carboxylic acid groups (broad SMARTS) is 1. The zero-order valence-corrected chi connectivity index (χ0v) is 13.1. The molecular formula is C15H10BrNO3S. The minimum atomic E-state index is -0.976. The van der Waals surface area contributed by atoms with Gasteiger partial charge in [-0.15, -0.1) is 0 Å². The van der Waals surface area contributed by atoms with Crippen LogP contribution in [0.5, 0.6) is 0 Å². The van der Waals surface area contributed by atoms with E-state index in [1.54, 1.807) is 24.4 Å². The second-order valence-corrected chi connectivity index (χ2v) is 6.10. The van der Waals surface area contributed by atoms with Crippen molar-refractivity contribution in [1.82, 2.24) is 4.98 Å². The van der Waals surface area contributed by atoms with Crippen LogP contribution in [0, 0.1) is 0 Å². The predicted octanol–water partition coefficient (Wildman–Crippen LogP) is 4.58. The van der Waals surface area contributed by atoms with Gasteiger partial charge in [-0.05, 0) is 34.1 Å². The molecule has 0 saturated heterocycles. The second-order valence-electron chi connectivity index (χ2n) is 4.28. The van der Waals surface area contributed by atoms with Crippen molar-refractivity contribution in [2.24, 2.45) is 0 Å². The number of aromatic nitrogens is 1. The third kappa shape index (κ3) is 2.82. The number of rotatable bonds is 4. The van der Waals surface area contributed by atoms with Gasteiger partial charge in [0.15, 0.2) is 0 Å². The second kappa shape index (κ2) is 5.91. The van der Waals surface area contributed by atoms with Crippen LogP contribution < -0.4 is 0 Å². The molecule has 21 heavy (non-hydrogen) atoms. The first-order valence-electron chi connectivity index (χ1n) is 6.14. The Labute approximate surface area is 133 Å². The fourth-order valence-electron chi connectivity index (χ4n) is 2.04. The maximum Gasteiger partial charge on any atom is 0.339 e. The van der Waals surface area contributed by atoms with Gasteiger partial charge in [0, 0.05) is 16.1 Å². The van der Waals surface area contributed by atoms with Crippen LogP contribution >= 0.6 is 27.7 Å². The van der Waals surface area contributed by atoms with Gasteiger partial charge in [-0.3, -0.25) is 0 Å². The summed E-state index contributed by atoms with van der Waals surface area (Å²) in [5, 5.41) is 10.8. The molecule has 1 aromatic carbocycles. The van der Waals surface area contributed by atoms with Crippen molar-refractivity contribution < 1.29 is 14.3 Å². The lowest BCUT2D eigenvalue weighted by Crippen LogP contribution is -1.98. The average molecular weight is 364 g/mol. The first kappa shape index (κ1) is 14.2. The molecule has 1 N–H and O–H groups in total. The Morgan fingerprint density at radius 3 is 2.86 bits per heavy atom. The molecule has 0 spiro atoms. The zero-order valence-electron chi connectivity index (χ0n) is 10.7. The van der Waals surface area contributed by atoms with E-state index >= 15 is 0 Å². The molecule has 0 radical (unpaired) electrons. The topological polar surface area (TPSA) is 63.3 Å². The fraction of sp³-hybridized carbons (Fsp3) is 0.0667. The van der Waals surface area contributed by atoms with Crippen molar-refractivity contribution in [2.75, 3.05) is 0 Å². The number of pyridine rings is 1. The van der Waals surface area contributed by atoms with E-state index in [9.17, 15) is 9.90 Å². The number of carbonyl (C=O) groups is 1. The minimum absolute atomic E-state index is 0.227. The van der Waals surface area contributed by atoms with Crippen LogP contribution in [0.4, 0.5) is 0 Å². The van der Waals surface area contributed by atoms with Crippen LogP contribution in [0.15, 0.2) is 56.5 Å². The van der Waals surface area contributed by atoms with Gasteiger partial charge in [0.1, 0.15) is 21.9 Å². The fourth-order valence-corrected chi connectivity index (χ4v) is 3.45. The van der Waals surface area contributed by atoms with E-state index < -0.39 is 5.97 Å². The normalized spacial score (nSPS) is 10.9. The molecule has 0 fully saturated rings. The van der Waals surface area contributed by atoms with Crippen LogP contribution in [0.3, 0.4) is 0 Å². The molecule has 0 aliphatic carbocycles. The first-order valence-corrected chi connectivity index (χ1v) is 7.91. The maximum absolute atomic E-state index is 11.5. The van der Waals surface area contributed by atoms with E-state index in [1.807, 2.05) is 18.2 Å². The summed E-state index contributed by atoms with van der Waals surface area (Å²) < 4.78 is 6.56. The van der Waals surface area contributed by atoms with Crippen molar-refractivity contribution in [3.8, 4) is 0 Å². The summed E-state index contributed by atoms with van der Waals surface area (Å²) in [6.45, 7) is 0. The smallest absolute Gasteiger partial charge is 0.339 e. The van der Waals surface area contributed by atoms with Gasteiger partial charge in [-0.25, -0.2) is 9.78 Å². The highest BCUT2D eigenvalue weighted by atomic mass is 79.9. The molecule has 0 aliphatic heterocycles. The highest BCUT2D eigenvalue weighted by Crippen LogP contribution is 2.32. The highest BCUT2D eigenvalue weighted by molar-refractivity contribution is 9.10. The van der Waals surface area contributed by atoms with E-state index in [-0.39, 0.29) is 5.56 Å².